The molecule has 0 saturated heterocycles. The lowest BCUT2D eigenvalue weighted by molar-refractivity contribution is -0.145. The van der Waals surface area contributed by atoms with Crippen LogP contribution < -0.4 is 4.72 Å². The Morgan fingerprint density at radius 3 is 2.38 bits per heavy atom. The fourth-order valence-corrected chi connectivity index (χ4v) is 5.84. The standard InChI is InChI=1S/C15H27NO4S/c1-11(12-7-4-3-5-8-12)16-21(18,19)14-10-6-9-13(14)15(17)20-2/h11-14,16H,3-10H2,1-2H3. The summed E-state index contributed by atoms with van der Waals surface area (Å²) in [4.78, 5) is 11.7. The van der Waals surface area contributed by atoms with E-state index < -0.39 is 27.2 Å². The van der Waals surface area contributed by atoms with Gasteiger partial charge in [-0.15, -0.1) is 0 Å². The highest BCUT2D eigenvalue weighted by atomic mass is 32.2. The van der Waals surface area contributed by atoms with E-state index in [1.807, 2.05) is 6.92 Å². The molecule has 122 valence electrons. The number of esters is 1. The Hall–Kier alpha value is -0.620. The van der Waals surface area contributed by atoms with Gasteiger partial charge < -0.3 is 4.74 Å². The Bertz CT molecular complexity index is 456. The van der Waals surface area contributed by atoms with Crippen LogP contribution in [-0.2, 0) is 19.6 Å². The Morgan fingerprint density at radius 2 is 1.76 bits per heavy atom. The molecule has 0 aromatic carbocycles. The van der Waals surface area contributed by atoms with Gasteiger partial charge in [0.25, 0.3) is 0 Å². The zero-order valence-electron chi connectivity index (χ0n) is 13.0. The molecule has 3 atom stereocenters. The summed E-state index contributed by atoms with van der Waals surface area (Å²) in [6, 6.07) is -0.0470. The van der Waals surface area contributed by atoms with Crippen molar-refractivity contribution >= 4 is 16.0 Å². The van der Waals surface area contributed by atoms with Crippen molar-refractivity contribution in [2.24, 2.45) is 11.8 Å². The zero-order valence-corrected chi connectivity index (χ0v) is 13.8. The van der Waals surface area contributed by atoms with Crippen LogP contribution >= 0.6 is 0 Å². The van der Waals surface area contributed by atoms with Crippen LogP contribution in [0, 0.1) is 11.8 Å². The lowest BCUT2D eigenvalue weighted by Crippen LogP contribution is -2.45. The summed E-state index contributed by atoms with van der Waals surface area (Å²) in [5, 5.41) is -0.629. The van der Waals surface area contributed by atoms with E-state index in [0.717, 1.165) is 19.3 Å². The van der Waals surface area contributed by atoms with E-state index in [2.05, 4.69) is 4.72 Å². The maximum absolute atomic E-state index is 12.6. The maximum Gasteiger partial charge on any atom is 0.310 e. The molecule has 1 N–H and O–H groups in total. The first-order valence-electron chi connectivity index (χ1n) is 8.04. The molecule has 0 heterocycles. The Labute approximate surface area is 127 Å². The average Bonchev–Trinajstić information content (AvgIpc) is 2.97. The summed E-state index contributed by atoms with van der Waals surface area (Å²) in [7, 11) is -2.14. The third-order valence-corrected chi connectivity index (χ3v) is 7.12. The number of rotatable bonds is 5. The number of hydrogen-bond donors (Lipinski definition) is 1. The zero-order chi connectivity index (χ0) is 15.5. The Kier molecular flexibility index (Phi) is 5.66. The molecule has 21 heavy (non-hydrogen) atoms. The van der Waals surface area contributed by atoms with E-state index in [1.54, 1.807) is 0 Å². The number of ether oxygens (including phenoxy) is 1. The fraction of sp³-hybridized carbons (Fsp3) is 0.933. The van der Waals surface area contributed by atoms with Crippen molar-refractivity contribution in [2.75, 3.05) is 7.11 Å². The normalized spacial score (nSPS) is 29.2. The van der Waals surface area contributed by atoms with Gasteiger partial charge in [0.1, 0.15) is 0 Å². The number of nitrogens with one attached hydrogen (secondary N) is 1. The fourth-order valence-electron chi connectivity index (χ4n) is 3.80. The van der Waals surface area contributed by atoms with Gasteiger partial charge in [0, 0.05) is 6.04 Å². The molecule has 0 bridgehead atoms. The summed E-state index contributed by atoms with van der Waals surface area (Å²) in [5.41, 5.74) is 0. The van der Waals surface area contributed by atoms with Crippen molar-refractivity contribution in [1.29, 1.82) is 0 Å². The van der Waals surface area contributed by atoms with Crippen molar-refractivity contribution in [3.05, 3.63) is 0 Å². The third-order valence-electron chi connectivity index (χ3n) is 5.06. The molecule has 2 aliphatic carbocycles. The van der Waals surface area contributed by atoms with Crippen LogP contribution in [0.25, 0.3) is 0 Å². The molecule has 6 heteroatoms. The summed E-state index contributed by atoms with van der Waals surface area (Å²) < 4.78 is 32.8. The number of hydrogen-bond acceptors (Lipinski definition) is 4. The van der Waals surface area contributed by atoms with Gasteiger partial charge >= 0.3 is 5.97 Å². The van der Waals surface area contributed by atoms with E-state index in [1.165, 1.54) is 26.4 Å². The summed E-state index contributed by atoms with van der Waals surface area (Å²) in [6.07, 6.45) is 7.73. The quantitative estimate of drug-likeness (QED) is 0.789. The first-order valence-corrected chi connectivity index (χ1v) is 9.59. The van der Waals surface area contributed by atoms with E-state index in [4.69, 9.17) is 4.74 Å². The van der Waals surface area contributed by atoms with Crippen LogP contribution in [0.15, 0.2) is 0 Å². The Morgan fingerprint density at radius 1 is 1.10 bits per heavy atom. The average molecular weight is 317 g/mol. The summed E-state index contributed by atoms with van der Waals surface area (Å²) >= 11 is 0. The first-order chi connectivity index (χ1) is 9.95. The molecule has 0 aromatic heterocycles. The van der Waals surface area contributed by atoms with Gasteiger partial charge in [-0.2, -0.15) is 0 Å². The van der Waals surface area contributed by atoms with Crippen molar-refractivity contribution < 1.29 is 17.9 Å². The highest BCUT2D eigenvalue weighted by molar-refractivity contribution is 7.90. The highest BCUT2D eigenvalue weighted by Crippen LogP contribution is 2.33. The highest BCUT2D eigenvalue weighted by Gasteiger charge is 2.43. The van der Waals surface area contributed by atoms with Crippen LogP contribution in [-0.4, -0.2) is 32.8 Å². The van der Waals surface area contributed by atoms with Crippen molar-refractivity contribution in [3.63, 3.8) is 0 Å². The smallest absolute Gasteiger partial charge is 0.310 e. The molecule has 5 nitrogen and oxygen atoms in total. The summed E-state index contributed by atoms with van der Waals surface area (Å²) in [5.74, 6) is -0.481. The van der Waals surface area contributed by atoms with Crippen molar-refractivity contribution in [2.45, 2.75) is 69.6 Å². The lowest BCUT2D eigenvalue weighted by atomic mass is 9.85. The molecule has 0 aromatic rings. The van der Waals surface area contributed by atoms with Gasteiger partial charge in [0.2, 0.25) is 10.0 Å². The number of sulfonamides is 1. The monoisotopic (exact) mass is 317 g/mol. The van der Waals surface area contributed by atoms with Gasteiger partial charge in [-0.1, -0.05) is 25.7 Å². The van der Waals surface area contributed by atoms with E-state index in [0.29, 0.717) is 18.8 Å². The predicted molar refractivity (Wildman–Crippen MR) is 81.2 cm³/mol. The minimum Gasteiger partial charge on any atom is -0.469 e. The van der Waals surface area contributed by atoms with Gasteiger partial charge in [-0.05, 0) is 38.5 Å². The molecule has 2 saturated carbocycles. The van der Waals surface area contributed by atoms with Crippen molar-refractivity contribution in [3.8, 4) is 0 Å². The number of carbonyl (C=O) groups excluding carboxylic acids is 1. The van der Waals surface area contributed by atoms with Crippen LogP contribution in [0.2, 0.25) is 0 Å². The van der Waals surface area contributed by atoms with E-state index >= 15 is 0 Å². The first kappa shape index (κ1) is 16.7. The molecule has 0 spiro atoms. The van der Waals surface area contributed by atoms with Gasteiger partial charge in [-0.25, -0.2) is 13.1 Å². The molecule has 3 unspecified atom stereocenters. The second kappa shape index (κ2) is 7.09. The molecule has 0 radical (unpaired) electrons. The predicted octanol–water partition coefficient (Wildman–Crippen LogP) is 2.22. The van der Waals surface area contributed by atoms with Gasteiger partial charge in [0.15, 0.2) is 0 Å². The molecular weight excluding hydrogens is 290 g/mol. The van der Waals surface area contributed by atoms with Crippen molar-refractivity contribution in [1.82, 2.24) is 4.72 Å². The molecule has 2 fully saturated rings. The number of methoxy groups -OCH3 is 1. The van der Waals surface area contributed by atoms with Crippen LogP contribution in [0.1, 0.15) is 58.3 Å². The number of carbonyl (C=O) groups is 1. The molecular formula is C15H27NO4S. The van der Waals surface area contributed by atoms with Gasteiger partial charge in [0.05, 0.1) is 18.3 Å². The largest absolute Gasteiger partial charge is 0.469 e. The molecule has 2 rings (SSSR count). The third kappa shape index (κ3) is 3.97. The minimum absolute atomic E-state index is 0.0470. The van der Waals surface area contributed by atoms with Crippen LogP contribution in [0.4, 0.5) is 0 Å². The maximum atomic E-state index is 12.6. The second-order valence-corrected chi connectivity index (χ2v) is 8.38. The topological polar surface area (TPSA) is 72.5 Å². The van der Waals surface area contributed by atoms with E-state index in [-0.39, 0.29) is 6.04 Å². The van der Waals surface area contributed by atoms with Gasteiger partial charge in [-0.3, -0.25) is 4.79 Å². The lowest BCUT2D eigenvalue weighted by Gasteiger charge is -2.29. The molecule has 0 aliphatic heterocycles. The molecule has 2 aliphatic rings. The Balaban J connectivity index is 2.01. The molecule has 0 amide bonds. The second-order valence-electron chi connectivity index (χ2n) is 6.45. The minimum atomic E-state index is -3.46. The summed E-state index contributed by atoms with van der Waals surface area (Å²) in [6.45, 7) is 1.95. The SMILES string of the molecule is COC(=O)C1CCCC1S(=O)(=O)NC(C)C1CCCCC1. The van der Waals surface area contributed by atoms with E-state index in [9.17, 15) is 13.2 Å². The van der Waals surface area contributed by atoms with Crippen LogP contribution in [0.5, 0.6) is 0 Å². The van der Waals surface area contributed by atoms with Crippen LogP contribution in [0.3, 0.4) is 0 Å².